The van der Waals surface area contributed by atoms with E-state index in [1.807, 2.05) is 17.9 Å². The molecule has 210 valence electrons. The molecule has 0 bridgehead atoms. The second-order valence-corrected chi connectivity index (χ2v) is 11.8. The third-order valence-electron chi connectivity index (χ3n) is 7.94. The summed E-state index contributed by atoms with van der Waals surface area (Å²) in [6.07, 6.45) is 1.95. The fourth-order valence-corrected chi connectivity index (χ4v) is 5.85. The Morgan fingerprint density at radius 2 is 2.00 bits per heavy atom. The van der Waals surface area contributed by atoms with Crippen molar-refractivity contribution in [1.29, 1.82) is 0 Å². The van der Waals surface area contributed by atoms with Crippen LogP contribution in [0.4, 0.5) is 14.5 Å². The van der Waals surface area contributed by atoms with Crippen molar-refractivity contribution in [3.63, 3.8) is 0 Å². The van der Waals surface area contributed by atoms with E-state index in [4.69, 9.17) is 4.74 Å². The standard InChI is InChI=1S/C29H37F2N5O3/c1-18-12-34(23(11-32-18)14-35-13-19(2)39-16-27(35)38)15-26(37)36-17-29(3,4)28-25(36)8-20(10-33-28)7-21-5-6-22(30)9-24(21)31/h5-6,8-10,18-19,23,32H,7,11-17H2,1-4H3/t18-,19?,23-/m1/s1. The Bertz CT molecular complexity index is 1260. The molecule has 2 aromatic rings. The molecule has 3 aliphatic rings. The Morgan fingerprint density at radius 3 is 2.77 bits per heavy atom. The molecule has 0 aliphatic carbocycles. The maximum absolute atomic E-state index is 14.3. The number of nitrogens with zero attached hydrogens (tertiary/aromatic N) is 4. The maximum atomic E-state index is 14.3. The number of hydrogen-bond acceptors (Lipinski definition) is 6. The molecule has 10 heteroatoms. The van der Waals surface area contributed by atoms with Crippen LogP contribution in [0.3, 0.4) is 0 Å². The first-order valence-electron chi connectivity index (χ1n) is 13.6. The van der Waals surface area contributed by atoms with Crippen LogP contribution in [0.25, 0.3) is 0 Å². The number of rotatable bonds is 6. The highest BCUT2D eigenvalue weighted by molar-refractivity contribution is 5.97. The predicted octanol–water partition coefficient (Wildman–Crippen LogP) is 2.48. The van der Waals surface area contributed by atoms with Gasteiger partial charge in [-0.05, 0) is 37.1 Å². The number of aromatic nitrogens is 1. The van der Waals surface area contributed by atoms with E-state index in [1.165, 1.54) is 12.1 Å². The minimum absolute atomic E-state index is 0.000365. The summed E-state index contributed by atoms with van der Waals surface area (Å²) in [6.45, 7) is 11.4. The Labute approximate surface area is 228 Å². The Morgan fingerprint density at radius 1 is 1.21 bits per heavy atom. The van der Waals surface area contributed by atoms with Crippen molar-refractivity contribution in [1.82, 2.24) is 20.1 Å². The lowest BCUT2D eigenvalue weighted by Crippen LogP contribution is -2.62. The van der Waals surface area contributed by atoms with E-state index >= 15 is 0 Å². The van der Waals surface area contributed by atoms with Crippen molar-refractivity contribution in [2.45, 2.75) is 57.7 Å². The summed E-state index contributed by atoms with van der Waals surface area (Å²) in [7, 11) is 0. The fourth-order valence-electron chi connectivity index (χ4n) is 5.85. The molecular weight excluding hydrogens is 504 g/mol. The predicted molar refractivity (Wildman–Crippen MR) is 144 cm³/mol. The number of hydrogen-bond donors (Lipinski definition) is 1. The first-order chi connectivity index (χ1) is 18.5. The van der Waals surface area contributed by atoms with E-state index < -0.39 is 11.6 Å². The number of piperazine rings is 1. The maximum Gasteiger partial charge on any atom is 0.248 e. The molecule has 8 nitrogen and oxygen atoms in total. The van der Waals surface area contributed by atoms with Crippen molar-refractivity contribution in [3.05, 3.63) is 58.9 Å². The van der Waals surface area contributed by atoms with Crippen LogP contribution >= 0.6 is 0 Å². The topological polar surface area (TPSA) is 78.0 Å². The van der Waals surface area contributed by atoms with Gasteiger partial charge in [0, 0.05) is 68.9 Å². The van der Waals surface area contributed by atoms with Gasteiger partial charge in [-0.1, -0.05) is 19.9 Å². The highest BCUT2D eigenvalue weighted by atomic mass is 19.1. The molecule has 2 amide bonds. The third kappa shape index (κ3) is 5.97. The van der Waals surface area contributed by atoms with Gasteiger partial charge in [-0.2, -0.15) is 0 Å². The summed E-state index contributed by atoms with van der Waals surface area (Å²) in [5.41, 5.74) is 2.36. The Hall–Kier alpha value is -2.95. The minimum Gasteiger partial charge on any atom is -0.367 e. The monoisotopic (exact) mass is 541 g/mol. The third-order valence-corrected chi connectivity index (χ3v) is 7.94. The molecule has 0 saturated carbocycles. The summed E-state index contributed by atoms with van der Waals surface area (Å²) in [5.74, 6) is -1.27. The Balaban J connectivity index is 1.34. The molecule has 1 aromatic carbocycles. The lowest BCUT2D eigenvalue weighted by Gasteiger charge is -2.42. The van der Waals surface area contributed by atoms with Crippen LogP contribution in [0.5, 0.6) is 0 Å². The van der Waals surface area contributed by atoms with Crippen molar-refractivity contribution >= 4 is 17.5 Å². The zero-order valence-electron chi connectivity index (χ0n) is 23.0. The lowest BCUT2D eigenvalue weighted by molar-refractivity contribution is -0.149. The van der Waals surface area contributed by atoms with Gasteiger partial charge in [-0.15, -0.1) is 0 Å². The van der Waals surface area contributed by atoms with E-state index in [0.29, 0.717) is 38.3 Å². The number of benzene rings is 1. The fraction of sp³-hybridized carbons (Fsp3) is 0.552. The van der Waals surface area contributed by atoms with Crippen LogP contribution in [-0.4, -0.2) is 90.7 Å². The van der Waals surface area contributed by atoms with Gasteiger partial charge in [0.25, 0.3) is 0 Å². The second-order valence-electron chi connectivity index (χ2n) is 11.8. The van der Waals surface area contributed by atoms with Gasteiger partial charge in [-0.25, -0.2) is 8.78 Å². The van der Waals surface area contributed by atoms with Gasteiger partial charge in [0.15, 0.2) is 0 Å². The summed E-state index contributed by atoms with van der Waals surface area (Å²) in [6, 6.07) is 5.69. The first-order valence-corrected chi connectivity index (χ1v) is 13.6. The number of pyridine rings is 1. The van der Waals surface area contributed by atoms with Gasteiger partial charge in [0.2, 0.25) is 11.8 Å². The van der Waals surface area contributed by atoms with Crippen LogP contribution < -0.4 is 10.2 Å². The van der Waals surface area contributed by atoms with Gasteiger partial charge in [-0.3, -0.25) is 19.5 Å². The van der Waals surface area contributed by atoms with E-state index in [1.54, 1.807) is 11.1 Å². The molecule has 2 saturated heterocycles. The molecule has 0 spiro atoms. The normalized spacial score (nSPS) is 25.2. The molecule has 5 rings (SSSR count). The number of nitrogens with one attached hydrogen (secondary N) is 1. The minimum atomic E-state index is -0.616. The van der Waals surface area contributed by atoms with Crippen molar-refractivity contribution in [2.75, 3.05) is 50.8 Å². The van der Waals surface area contributed by atoms with Gasteiger partial charge in [0.1, 0.15) is 18.2 Å². The SMILES string of the molecule is CC1CN(C[C@H]2CN[C@H](C)CN2CC(=O)N2CC(C)(C)c3ncc(Cc4ccc(F)cc4F)cc32)C(=O)CO1. The zero-order valence-corrected chi connectivity index (χ0v) is 23.0. The molecule has 1 N–H and O–H groups in total. The van der Waals surface area contributed by atoms with Crippen molar-refractivity contribution < 1.29 is 23.1 Å². The summed E-state index contributed by atoms with van der Waals surface area (Å²) >= 11 is 0. The number of morpholine rings is 1. The highest BCUT2D eigenvalue weighted by Gasteiger charge is 2.41. The molecule has 3 atom stereocenters. The van der Waals surface area contributed by atoms with E-state index in [-0.39, 0.29) is 55.0 Å². The molecule has 4 heterocycles. The van der Waals surface area contributed by atoms with Crippen molar-refractivity contribution in [2.24, 2.45) is 0 Å². The van der Waals surface area contributed by atoms with Gasteiger partial charge >= 0.3 is 0 Å². The quantitative estimate of drug-likeness (QED) is 0.606. The summed E-state index contributed by atoms with van der Waals surface area (Å²) < 4.78 is 33.2. The highest BCUT2D eigenvalue weighted by Crippen LogP contribution is 2.40. The molecule has 39 heavy (non-hydrogen) atoms. The van der Waals surface area contributed by atoms with Crippen molar-refractivity contribution in [3.8, 4) is 0 Å². The average Bonchev–Trinajstić information content (AvgIpc) is 3.15. The van der Waals surface area contributed by atoms with Crippen LogP contribution in [0.1, 0.15) is 44.5 Å². The molecule has 3 aliphatic heterocycles. The molecule has 0 radical (unpaired) electrons. The number of amides is 2. The molecule has 2 fully saturated rings. The van der Waals surface area contributed by atoms with Crippen LogP contribution in [0.15, 0.2) is 30.5 Å². The zero-order chi connectivity index (χ0) is 27.9. The summed E-state index contributed by atoms with van der Waals surface area (Å²) in [5, 5.41) is 3.49. The number of carbonyl (C=O) groups is 2. The molecular formula is C29H37F2N5O3. The van der Waals surface area contributed by atoms with E-state index in [0.717, 1.165) is 23.0 Å². The number of carbonyl (C=O) groups excluding carboxylic acids is 2. The average molecular weight is 542 g/mol. The smallest absolute Gasteiger partial charge is 0.248 e. The molecule has 1 unspecified atom stereocenters. The number of anilines is 1. The van der Waals surface area contributed by atoms with E-state index in [9.17, 15) is 18.4 Å². The largest absolute Gasteiger partial charge is 0.367 e. The first kappa shape index (κ1) is 27.6. The number of fused-ring (bicyclic) bond motifs is 1. The number of ether oxygens (including phenoxy) is 1. The second kappa shape index (κ2) is 10.9. The molecule has 1 aromatic heterocycles. The van der Waals surface area contributed by atoms with Crippen LogP contribution in [0.2, 0.25) is 0 Å². The summed E-state index contributed by atoms with van der Waals surface area (Å²) in [4.78, 5) is 36.8. The Kier molecular flexibility index (Phi) is 7.72. The lowest BCUT2D eigenvalue weighted by atomic mass is 9.91. The number of halogens is 2. The van der Waals surface area contributed by atoms with Crippen LogP contribution in [-0.2, 0) is 26.2 Å². The van der Waals surface area contributed by atoms with E-state index in [2.05, 4.69) is 36.0 Å². The van der Waals surface area contributed by atoms with Crippen LogP contribution in [0, 0.1) is 11.6 Å². The van der Waals surface area contributed by atoms with Gasteiger partial charge in [0.05, 0.1) is 24.0 Å². The van der Waals surface area contributed by atoms with Gasteiger partial charge < -0.3 is 19.9 Å².